The fourth-order valence-electron chi connectivity index (χ4n) is 2.97. The van der Waals surface area contributed by atoms with Gasteiger partial charge in [-0.05, 0) is 37.0 Å². The zero-order valence-electron chi connectivity index (χ0n) is 12.2. The summed E-state index contributed by atoms with van der Waals surface area (Å²) < 4.78 is 28.0. The maximum absolute atomic E-state index is 12.6. The van der Waals surface area contributed by atoms with Crippen molar-refractivity contribution in [3.63, 3.8) is 0 Å². The first-order valence-corrected chi connectivity index (χ1v) is 8.66. The van der Waals surface area contributed by atoms with Crippen LogP contribution in [0.1, 0.15) is 38.2 Å². The first kappa shape index (κ1) is 16.0. The predicted octanol–water partition coefficient (Wildman–Crippen LogP) is 1.74. The number of rotatable bonds is 4. The second kappa shape index (κ2) is 6.14. The van der Waals surface area contributed by atoms with E-state index in [0.717, 1.165) is 25.7 Å². The second-order valence-electron chi connectivity index (χ2n) is 5.75. The van der Waals surface area contributed by atoms with Crippen LogP contribution in [0.15, 0.2) is 29.2 Å². The molecule has 3 N–H and O–H groups in total. The molecule has 0 radical (unpaired) electrons. The summed E-state index contributed by atoms with van der Waals surface area (Å²) in [5, 5.41) is 8.90. The Labute approximate surface area is 126 Å². The van der Waals surface area contributed by atoms with E-state index in [1.54, 1.807) is 12.1 Å². The van der Waals surface area contributed by atoms with E-state index in [1.165, 1.54) is 12.1 Å². The standard InChI is InChI=1S/C15H21N3O2S/c1-12-5-2-3-8-15(12,11-17)18-21(19,20)14-7-4-6-13(9-14)10-16/h4,6-7,9,12,18H,2-3,5,8,11,17H2,1H3. The Morgan fingerprint density at radius 3 is 2.86 bits per heavy atom. The van der Waals surface area contributed by atoms with Gasteiger partial charge in [0.2, 0.25) is 10.0 Å². The van der Waals surface area contributed by atoms with Crippen LogP contribution >= 0.6 is 0 Å². The summed E-state index contributed by atoms with van der Waals surface area (Å²) in [6.45, 7) is 2.32. The van der Waals surface area contributed by atoms with Crippen LogP contribution in [0.2, 0.25) is 0 Å². The highest BCUT2D eigenvalue weighted by atomic mass is 32.2. The van der Waals surface area contributed by atoms with E-state index in [1.807, 2.05) is 13.0 Å². The Morgan fingerprint density at radius 2 is 2.24 bits per heavy atom. The van der Waals surface area contributed by atoms with E-state index in [4.69, 9.17) is 11.0 Å². The van der Waals surface area contributed by atoms with Gasteiger partial charge in [-0.15, -0.1) is 0 Å². The van der Waals surface area contributed by atoms with Crippen LogP contribution in [0.25, 0.3) is 0 Å². The van der Waals surface area contributed by atoms with Gasteiger partial charge in [-0.2, -0.15) is 5.26 Å². The van der Waals surface area contributed by atoms with Gasteiger partial charge in [0.1, 0.15) is 0 Å². The molecule has 6 heteroatoms. The number of nitriles is 1. The van der Waals surface area contributed by atoms with Crippen LogP contribution in [0.4, 0.5) is 0 Å². The molecule has 1 aromatic carbocycles. The minimum atomic E-state index is -3.68. The van der Waals surface area contributed by atoms with Gasteiger partial charge in [0.15, 0.2) is 0 Å². The highest BCUT2D eigenvalue weighted by molar-refractivity contribution is 7.89. The van der Waals surface area contributed by atoms with Crippen LogP contribution < -0.4 is 10.5 Å². The first-order valence-electron chi connectivity index (χ1n) is 7.18. The molecule has 0 amide bonds. The summed E-state index contributed by atoms with van der Waals surface area (Å²) in [6.07, 6.45) is 3.80. The van der Waals surface area contributed by atoms with Crippen LogP contribution in [0.5, 0.6) is 0 Å². The lowest BCUT2D eigenvalue weighted by Crippen LogP contribution is -2.58. The van der Waals surface area contributed by atoms with E-state index in [2.05, 4.69) is 4.72 Å². The third-order valence-electron chi connectivity index (χ3n) is 4.43. The summed E-state index contributed by atoms with van der Waals surface area (Å²) in [5.74, 6) is 0.199. The van der Waals surface area contributed by atoms with Crippen molar-refractivity contribution in [3.05, 3.63) is 29.8 Å². The van der Waals surface area contributed by atoms with E-state index in [-0.39, 0.29) is 17.4 Å². The molecular formula is C15H21N3O2S. The molecule has 0 heterocycles. The molecule has 1 saturated carbocycles. The average Bonchev–Trinajstić information content (AvgIpc) is 2.49. The van der Waals surface area contributed by atoms with Gasteiger partial charge < -0.3 is 5.73 Å². The van der Waals surface area contributed by atoms with Crippen LogP contribution in [0.3, 0.4) is 0 Å². The lowest BCUT2D eigenvalue weighted by atomic mass is 9.74. The maximum Gasteiger partial charge on any atom is 0.241 e. The normalized spacial score (nSPS) is 26.2. The molecule has 2 rings (SSSR count). The number of hydrogen-bond acceptors (Lipinski definition) is 4. The predicted molar refractivity (Wildman–Crippen MR) is 80.9 cm³/mol. The van der Waals surface area contributed by atoms with Crippen molar-refractivity contribution in [2.75, 3.05) is 6.54 Å². The molecule has 0 saturated heterocycles. The van der Waals surface area contributed by atoms with Crippen molar-refractivity contribution in [2.24, 2.45) is 11.7 Å². The Morgan fingerprint density at radius 1 is 1.48 bits per heavy atom. The zero-order chi connectivity index (χ0) is 15.5. The summed E-state index contributed by atoms with van der Waals surface area (Å²) >= 11 is 0. The smallest absolute Gasteiger partial charge is 0.241 e. The molecule has 21 heavy (non-hydrogen) atoms. The molecule has 0 aromatic heterocycles. The lowest BCUT2D eigenvalue weighted by Gasteiger charge is -2.42. The third-order valence-corrected chi connectivity index (χ3v) is 5.98. The van der Waals surface area contributed by atoms with Gasteiger partial charge >= 0.3 is 0 Å². The summed E-state index contributed by atoms with van der Waals surface area (Å²) in [5.41, 5.74) is 5.64. The summed E-state index contributed by atoms with van der Waals surface area (Å²) in [7, 11) is -3.68. The van der Waals surface area contributed by atoms with Gasteiger partial charge in [0.25, 0.3) is 0 Å². The Bertz CT molecular complexity index is 651. The fraction of sp³-hybridized carbons (Fsp3) is 0.533. The van der Waals surface area contributed by atoms with E-state index >= 15 is 0 Å². The average molecular weight is 307 g/mol. The molecule has 1 aliphatic rings. The quantitative estimate of drug-likeness (QED) is 0.885. The fourth-order valence-corrected chi connectivity index (χ4v) is 4.55. The monoisotopic (exact) mass is 307 g/mol. The molecule has 114 valence electrons. The lowest BCUT2D eigenvalue weighted by molar-refractivity contribution is 0.191. The molecule has 1 aliphatic carbocycles. The molecule has 0 aliphatic heterocycles. The van der Waals surface area contributed by atoms with Crippen molar-refractivity contribution in [2.45, 2.75) is 43.0 Å². The SMILES string of the molecule is CC1CCCCC1(CN)NS(=O)(=O)c1cccc(C#N)c1. The maximum atomic E-state index is 12.6. The number of nitrogens with two attached hydrogens (primary N) is 1. The van der Waals surface area contributed by atoms with Crippen molar-refractivity contribution in [3.8, 4) is 6.07 Å². The van der Waals surface area contributed by atoms with Crippen molar-refractivity contribution in [1.29, 1.82) is 5.26 Å². The Kier molecular flexibility index (Phi) is 4.67. The summed E-state index contributed by atoms with van der Waals surface area (Å²) in [4.78, 5) is 0.118. The van der Waals surface area contributed by atoms with Gasteiger partial charge in [0.05, 0.1) is 16.5 Å². The van der Waals surface area contributed by atoms with Gasteiger partial charge in [-0.25, -0.2) is 13.1 Å². The van der Waals surface area contributed by atoms with Crippen LogP contribution in [-0.4, -0.2) is 20.5 Å². The largest absolute Gasteiger partial charge is 0.329 e. The van der Waals surface area contributed by atoms with Gasteiger partial charge in [0, 0.05) is 12.1 Å². The number of benzene rings is 1. The highest BCUT2D eigenvalue weighted by Gasteiger charge is 2.40. The van der Waals surface area contributed by atoms with Crippen molar-refractivity contribution < 1.29 is 8.42 Å². The van der Waals surface area contributed by atoms with Gasteiger partial charge in [-0.3, -0.25) is 0 Å². The van der Waals surface area contributed by atoms with Crippen molar-refractivity contribution >= 4 is 10.0 Å². The molecule has 2 unspecified atom stereocenters. The zero-order valence-corrected chi connectivity index (χ0v) is 13.0. The topological polar surface area (TPSA) is 96.0 Å². The number of sulfonamides is 1. The molecule has 0 spiro atoms. The number of hydrogen-bond donors (Lipinski definition) is 2. The van der Waals surface area contributed by atoms with E-state index < -0.39 is 15.6 Å². The summed E-state index contributed by atoms with van der Waals surface area (Å²) in [6, 6.07) is 8.01. The first-order chi connectivity index (χ1) is 9.93. The number of nitrogens with zero attached hydrogens (tertiary/aromatic N) is 1. The van der Waals surface area contributed by atoms with E-state index in [0.29, 0.717) is 5.56 Å². The molecule has 0 bridgehead atoms. The molecule has 1 fully saturated rings. The Balaban J connectivity index is 2.33. The number of nitrogens with one attached hydrogen (secondary N) is 1. The second-order valence-corrected chi connectivity index (χ2v) is 7.43. The van der Waals surface area contributed by atoms with Gasteiger partial charge in [-0.1, -0.05) is 25.8 Å². The third kappa shape index (κ3) is 3.26. The molecule has 1 aromatic rings. The Hall–Kier alpha value is -1.42. The molecule has 5 nitrogen and oxygen atoms in total. The minimum Gasteiger partial charge on any atom is -0.329 e. The molecule has 2 atom stereocenters. The highest BCUT2D eigenvalue weighted by Crippen LogP contribution is 2.34. The van der Waals surface area contributed by atoms with E-state index in [9.17, 15) is 8.42 Å². The van der Waals surface area contributed by atoms with Crippen LogP contribution in [0, 0.1) is 17.2 Å². The molecular weight excluding hydrogens is 286 g/mol. The van der Waals surface area contributed by atoms with Crippen molar-refractivity contribution in [1.82, 2.24) is 4.72 Å². The van der Waals surface area contributed by atoms with Crippen LogP contribution in [-0.2, 0) is 10.0 Å². The minimum absolute atomic E-state index is 0.118.